The zero-order chi connectivity index (χ0) is 13.7. The van der Waals surface area contributed by atoms with Gasteiger partial charge in [0.05, 0.1) is 5.69 Å². The Kier molecular flexibility index (Phi) is 4.34. The zero-order valence-electron chi connectivity index (χ0n) is 11.4. The quantitative estimate of drug-likeness (QED) is 0.826. The van der Waals surface area contributed by atoms with Crippen molar-refractivity contribution in [3.63, 3.8) is 0 Å². The number of aromatic nitrogens is 2. The molecule has 19 heavy (non-hydrogen) atoms. The molecule has 4 nitrogen and oxygen atoms in total. The molecule has 1 aromatic carbocycles. The van der Waals surface area contributed by atoms with Crippen LogP contribution in [0, 0.1) is 0 Å². The first-order valence-electron chi connectivity index (χ1n) is 6.58. The highest BCUT2D eigenvalue weighted by atomic mass is 16.2. The molecular weight excluding hydrogens is 238 g/mol. The van der Waals surface area contributed by atoms with E-state index < -0.39 is 0 Å². The molecule has 1 heterocycles. The fourth-order valence-corrected chi connectivity index (χ4v) is 1.92. The highest BCUT2D eigenvalue weighted by Gasteiger charge is 2.11. The van der Waals surface area contributed by atoms with Crippen LogP contribution in [0.2, 0.25) is 0 Å². The van der Waals surface area contributed by atoms with Crippen LogP contribution in [0.25, 0.3) is 5.69 Å². The van der Waals surface area contributed by atoms with Crippen LogP contribution in [0.15, 0.2) is 42.7 Å². The lowest BCUT2D eigenvalue weighted by molar-refractivity contribution is 0.0793. The molecule has 0 N–H and O–H groups in total. The Hall–Kier alpha value is -2.10. The van der Waals surface area contributed by atoms with Crippen molar-refractivity contribution in [1.29, 1.82) is 0 Å². The Morgan fingerprint density at radius 3 is 2.89 bits per heavy atom. The molecular formula is C15H19N3O. The van der Waals surface area contributed by atoms with Crippen molar-refractivity contribution < 1.29 is 4.79 Å². The number of hydrogen-bond acceptors (Lipinski definition) is 2. The van der Waals surface area contributed by atoms with Crippen LogP contribution in [-0.2, 0) is 0 Å². The van der Waals surface area contributed by atoms with Gasteiger partial charge in [-0.1, -0.05) is 19.4 Å². The molecule has 0 aliphatic heterocycles. The van der Waals surface area contributed by atoms with Crippen LogP contribution in [0.4, 0.5) is 0 Å². The van der Waals surface area contributed by atoms with E-state index in [9.17, 15) is 4.79 Å². The lowest BCUT2D eigenvalue weighted by Gasteiger charge is -2.17. The lowest BCUT2D eigenvalue weighted by atomic mass is 10.1. The number of amides is 1. The third-order valence-corrected chi connectivity index (χ3v) is 3.06. The number of carbonyl (C=O) groups excluding carboxylic acids is 1. The Morgan fingerprint density at radius 2 is 2.21 bits per heavy atom. The zero-order valence-corrected chi connectivity index (χ0v) is 11.4. The Bertz CT molecular complexity index is 534. The minimum Gasteiger partial charge on any atom is -0.342 e. The first-order valence-corrected chi connectivity index (χ1v) is 6.58. The van der Waals surface area contributed by atoms with E-state index in [4.69, 9.17) is 0 Å². The second kappa shape index (κ2) is 6.18. The standard InChI is InChI=1S/C15H19N3O/c1-3-4-10-17(2)15(19)13-7-5-8-14(12-13)18-11-6-9-16-18/h5-9,11-12H,3-4,10H2,1-2H3. The van der Waals surface area contributed by atoms with E-state index in [0.717, 1.165) is 25.1 Å². The Labute approximate surface area is 113 Å². The molecule has 0 saturated carbocycles. The van der Waals surface area contributed by atoms with Gasteiger partial charge in [0, 0.05) is 31.5 Å². The Morgan fingerprint density at radius 1 is 1.37 bits per heavy atom. The average molecular weight is 257 g/mol. The molecule has 0 aliphatic carbocycles. The SMILES string of the molecule is CCCCN(C)C(=O)c1cccc(-n2cccn2)c1. The molecule has 0 saturated heterocycles. The van der Waals surface area contributed by atoms with Gasteiger partial charge in [-0.05, 0) is 30.7 Å². The summed E-state index contributed by atoms with van der Waals surface area (Å²) in [6.07, 6.45) is 5.71. The third kappa shape index (κ3) is 3.22. The molecule has 4 heteroatoms. The molecule has 100 valence electrons. The summed E-state index contributed by atoms with van der Waals surface area (Å²) < 4.78 is 1.75. The maximum Gasteiger partial charge on any atom is 0.253 e. The summed E-state index contributed by atoms with van der Waals surface area (Å²) in [5.74, 6) is 0.0578. The van der Waals surface area contributed by atoms with Gasteiger partial charge < -0.3 is 4.90 Å². The minimum atomic E-state index is 0.0578. The number of hydrogen-bond donors (Lipinski definition) is 0. The molecule has 2 rings (SSSR count). The van der Waals surface area contributed by atoms with E-state index in [0.29, 0.717) is 5.56 Å². The highest BCUT2D eigenvalue weighted by molar-refractivity contribution is 5.94. The van der Waals surface area contributed by atoms with Crippen molar-refractivity contribution in [2.24, 2.45) is 0 Å². The summed E-state index contributed by atoms with van der Waals surface area (Å²) in [6.45, 7) is 2.91. The van der Waals surface area contributed by atoms with Gasteiger partial charge in [-0.15, -0.1) is 0 Å². The van der Waals surface area contributed by atoms with Crippen LogP contribution in [-0.4, -0.2) is 34.2 Å². The second-order valence-corrected chi connectivity index (χ2v) is 4.58. The first-order chi connectivity index (χ1) is 9.22. The fraction of sp³-hybridized carbons (Fsp3) is 0.333. The number of nitrogens with zero attached hydrogens (tertiary/aromatic N) is 3. The fourth-order valence-electron chi connectivity index (χ4n) is 1.92. The normalized spacial score (nSPS) is 10.4. The van der Waals surface area contributed by atoms with Crippen molar-refractivity contribution in [2.45, 2.75) is 19.8 Å². The van der Waals surface area contributed by atoms with Gasteiger partial charge in [0.15, 0.2) is 0 Å². The summed E-state index contributed by atoms with van der Waals surface area (Å²) >= 11 is 0. The molecule has 1 aromatic heterocycles. The van der Waals surface area contributed by atoms with Gasteiger partial charge in [-0.25, -0.2) is 4.68 Å². The van der Waals surface area contributed by atoms with Gasteiger partial charge in [-0.3, -0.25) is 4.79 Å². The summed E-state index contributed by atoms with van der Waals surface area (Å²) in [7, 11) is 1.85. The monoisotopic (exact) mass is 257 g/mol. The maximum atomic E-state index is 12.3. The summed E-state index contributed by atoms with van der Waals surface area (Å²) in [6, 6.07) is 9.41. The maximum absolute atomic E-state index is 12.3. The van der Waals surface area contributed by atoms with Crippen molar-refractivity contribution >= 4 is 5.91 Å². The van der Waals surface area contributed by atoms with Gasteiger partial charge in [0.2, 0.25) is 0 Å². The number of rotatable bonds is 5. The average Bonchev–Trinajstić information content (AvgIpc) is 2.98. The second-order valence-electron chi connectivity index (χ2n) is 4.58. The molecule has 0 fully saturated rings. The lowest BCUT2D eigenvalue weighted by Crippen LogP contribution is -2.27. The van der Waals surface area contributed by atoms with Crippen molar-refractivity contribution in [3.05, 3.63) is 48.3 Å². The summed E-state index contributed by atoms with van der Waals surface area (Å²) in [5, 5.41) is 4.17. The largest absolute Gasteiger partial charge is 0.342 e. The minimum absolute atomic E-state index is 0.0578. The molecule has 0 unspecified atom stereocenters. The molecule has 0 radical (unpaired) electrons. The van der Waals surface area contributed by atoms with Crippen molar-refractivity contribution in [3.8, 4) is 5.69 Å². The van der Waals surface area contributed by atoms with Gasteiger partial charge in [0.1, 0.15) is 0 Å². The third-order valence-electron chi connectivity index (χ3n) is 3.06. The first kappa shape index (κ1) is 13.3. The Balaban J connectivity index is 2.17. The summed E-state index contributed by atoms with van der Waals surface area (Å²) in [4.78, 5) is 14.0. The number of unbranched alkanes of at least 4 members (excludes halogenated alkanes) is 1. The molecule has 2 aromatic rings. The molecule has 0 aliphatic rings. The molecule has 0 spiro atoms. The highest BCUT2D eigenvalue weighted by Crippen LogP contribution is 2.11. The predicted molar refractivity (Wildman–Crippen MR) is 75.4 cm³/mol. The van der Waals surface area contributed by atoms with Crippen LogP contribution in [0.1, 0.15) is 30.1 Å². The van der Waals surface area contributed by atoms with E-state index in [-0.39, 0.29) is 5.91 Å². The molecule has 1 amide bonds. The van der Waals surface area contributed by atoms with E-state index in [1.54, 1.807) is 15.8 Å². The van der Waals surface area contributed by atoms with E-state index in [1.807, 2.05) is 43.6 Å². The summed E-state index contributed by atoms with van der Waals surface area (Å²) in [5.41, 5.74) is 1.60. The van der Waals surface area contributed by atoms with Crippen molar-refractivity contribution in [2.75, 3.05) is 13.6 Å². The van der Waals surface area contributed by atoms with Gasteiger partial charge in [0.25, 0.3) is 5.91 Å². The van der Waals surface area contributed by atoms with Crippen LogP contribution in [0.3, 0.4) is 0 Å². The van der Waals surface area contributed by atoms with Gasteiger partial charge >= 0.3 is 0 Å². The topological polar surface area (TPSA) is 38.1 Å². The van der Waals surface area contributed by atoms with Crippen LogP contribution >= 0.6 is 0 Å². The van der Waals surface area contributed by atoms with Crippen molar-refractivity contribution in [1.82, 2.24) is 14.7 Å². The van der Waals surface area contributed by atoms with Crippen LogP contribution in [0.5, 0.6) is 0 Å². The van der Waals surface area contributed by atoms with E-state index in [2.05, 4.69) is 12.0 Å². The number of benzene rings is 1. The van der Waals surface area contributed by atoms with E-state index in [1.165, 1.54) is 0 Å². The van der Waals surface area contributed by atoms with Crippen LogP contribution < -0.4 is 0 Å². The molecule has 0 atom stereocenters. The van der Waals surface area contributed by atoms with Gasteiger partial charge in [-0.2, -0.15) is 5.10 Å². The smallest absolute Gasteiger partial charge is 0.253 e. The molecule has 0 bridgehead atoms. The van der Waals surface area contributed by atoms with E-state index >= 15 is 0 Å². The predicted octanol–water partition coefficient (Wildman–Crippen LogP) is 2.74. The number of carbonyl (C=O) groups is 1.